The zero-order chi connectivity index (χ0) is 27.7. The van der Waals surface area contributed by atoms with Crippen LogP contribution in [0.4, 0.5) is 0 Å². The Labute approximate surface area is 230 Å². The van der Waals surface area contributed by atoms with Crippen molar-refractivity contribution in [1.29, 1.82) is 5.26 Å². The van der Waals surface area contributed by atoms with Crippen LogP contribution in [0.15, 0.2) is 54.1 Å². The van der Waals surface area contributed by atoms with Crippen LogP contribution in [0.25, 0.3) is 6.08 Å². The van der Waals surface area contributed by atoms with E-state index in [1.807, 2.05) is 18.2 Å². The highest BCUT2D eigenvalue weighted by Crippen LogP contribution is 2.31. The zero-order valence-electron chi connectivity index (χ0n) is 21.2. The first-order valence-corrected chi connectivity index (χ1v) is 13.1. The molecule has 0 fully saturated rings. The first kappa shape index (κ1) is 28.6. The number of carbonyl (C=O) groups excluding carboxylic acids is 3. The first-order valence-electron chi connectivity index (χ1n) is 11.9. The molecule has 0 amide bonds. The third-order valence-corrected chi connectivity index (χ3v) is 6.91. The topological polar surface area (TPSA) is 103 Å². The number of allylic oxidation sites excluding steroid dienone is 1. The van der Waals surface area contributed by atoms with Gasteiger partial charge in [0.25, 0.3) is 0 Å². The minimum absolute atomic E-state index is 0.0987. The molecule has 1 aromatic heterocycles. The molecule has 0 saturated heterocycles. The van der Waals surface area contributed by atoms with Gasteiger partial charge in [-0.2, -0.15) is 5.26 Å². The number of hydrogen-bond acceptors (Lipinski definition) is 8. The summed E-state index contributed by atoms with van der Waals surface area (Å²) in [5.41, 5.74) is 1.99. The van der Waals surface area contributed by atoms with Crippen molar-refractivity contribution in [3.05, 3.63) is 91.1 Å². The van der Waals surface area contributed by atoms with Crippen molar-refractivity contribution in [3.63, 3.8) is 0 Å². The molecule has 0 saturated carbocycles. The van der Waals surface area contributed by atoms with Gasteiger partial charge in [-0.1, -0.05) is 35.9 Å². The Balaban J connectivity index is 1.83. The van der Waals surface area contributed by atoms with E-state index in [1.54, 1.807) is 57.2 Å². The van der Waals surface area contributed by atoms with Gasteiger partial charge in [-0.25, -0.2) is 9.59 Å². The van der Waals surface area contributed by atoms with E-state index in [2.05, 4.69) is 0 Å². The molecule has 0 spiro atoms. The number of nitrogens with zero attached hydrogens (tertiary/aromatic N) is 1. The maximum absolute atomic E-state index is 13.1. The molecule has 1 heterocycles. The van der Waals surface area contributed by atoms with Gasteiger partial charge in [-0.05, 0) is 67.8 Å². The predicted molar refractivity (Wildman–Crippen MR) is 145 cm³/mol. The molecule has 0 aliphatic carbocycles. The van der Waals surface area contributed by atoms with Crippen LogP contribution in [-0.2, 0) is 27.3 Å². The monoisotopic (exact) mass is 551 g/mol. The molecular weight excluding hydrogens is 526 g/mol. The number of Topliss-reactive ketones (excluding diaryl/α,β-unsaturated/α-hetero) is 1. The van der Waals surface area contributed by atoms with Gasteiger partial charge in [0.1, 0.15) is 23.3 Å². The summed E-state index contributed by atoms with van der Waals surface area (Å²) in [5.74, 6) is -1.14. The summed E-state index contributed by atoms with van der Waals surface area (Å²) in [6.07, 6.45) is 1.22. The number of rotatable bonds is 11. The Morgan fingerprint density at radius 1 is 1.03 bits per heavy atom. The van der Waals surface area contributed by atoms with Gasteiger partial charge >= 0.3 is 11.9 Å². The van der Waals surface area contributed by atoms with Gasteiger partial charge in [0, 0.05) is 16.3 Å². The lowest BCUT2D eigenvalue weighted by Crippen LogP contribution is -2.12. The van der Waals surface area contributed by atoms with Crippen LogP contribution in [0.3, 0.4) is 0 Å². The Morgan fingerprint density at radius 2 is 1.71 bits per heavy atom. The fraction of sp³-hybridized carbons (Fsp3) is 0.241. The van der Waals surface area contributed by atoms with E-state index in [0.29, 0.717) is 33.4 Å². The number of nitriles is 1. The first-order chi connectivity index (χ1) is 18.3. The standard InChI is InChI=1S/C29H26ClNO6S/c1-4-35-28(33)26-18(3)27(29(34)36-5-2)38-25(26)15-24(32)21(16-31)13-20-7-6-8-23(14-20)37-17-19-9-11-22(30)12-10-19/h6-14H,4-5,15,17H2,1-3H3/b21-13+. The van der Waals surface area contributed by atoms with Crippen molar-refractivity contribution in [2.24, 2.45) is 0 Å². The molecule has 2 aromatic carbocycles. The van der Waals surface area contributed by atoms with Crippen molar-refractivity contribution in [1.82, 2.24) is 0 Å². The van der Waals surface area contributed by atoms with Gasteiger partial charge in [-0.3, -0.25) is 4.79 Å². The highest BCUT2D eigenvalue weighted by atomic mass is 35.5. The molecule has 0 radical (unpaired) electrons. The van der Waals surface area contributed by atoms with Crippen LogP contribution in [-0.4, -0.2) is 30.9 Å². The fourth-order valence-electron chi connectivity index (χ4n) is 3.58. The molecule has 0 N–H and O–H groups in total. The maximum Gasteiger partial charge on any atom is 0.348 e. The summed E-state index contributed by atoms with van der Waals surface area (Å²) >= 11 is 6.92. The summed E-state index contributed by atoms with van der Waals surface area (Å²) in [6.45, 7) is 5.59. The zero-order valence-corrected chi connectivity index (χ0v) is 22.8. The molecule has 3 aromatic rings. The van der Waals surface area contributed by atoms with Crippen molar-refractivity contribution in [2.75, 3.05) is 13.2 Å². The summed E-state index contributed by atoms with van der Waals surface area (Å²) in [5, 5.41) is 10.4. The van der Waals surface area contributed by atoms with E-state index in [4.69, 9.17) is 25.8 Å². The third kappa shape index (κ3) is 7.31. The lowest BCUT2D eigenvalue weighted by molar-refractivity contribution is -0.114. The molecule has 0 aliphatic heterocycles. The smallest absolute Gasteiger partial charge is 0.348 e. The highest BCUT2D eigenvalue weighted by Gasteiger charge is 2.28. The Hall–Kier alpha value is -3.93. The molecule has 9 heteroatoms. The van der Waals surface area contributed by atoms with Gasteiger partial charge in [0.05, 0.1) is 24.4 Å². The molecule has 0 bridgehead atoms. The third-order valence-electron chi connectivity index (χ3n) is 5.39. The van der Waals surface area contributed by atoms with E-state index in [1.165, 1.54) is 6.08 Å². The number of hydrogen-bond donors (Lipinski definition) is 0. The van der Waals surface area contributed by atoms with Crippen LogP contribution in [0, 0.1) is 18.3 Å². The summed E-state index contributed by atoms with van der Waals surface area (Å²) in [4.78, 5) is 38.7. The van der Waals surface area contributed by atoms with Crippen molar-refractivity contribution < 1.29 is 28.6 Å². The lowest BCUT2D eigenvalue weighted by atomic mass is 10.0. The van der Waals surface area contributed by atoms with Crippen LogP contribution in [0.2, 0.25) is 5.02 Å². The molecule has 38 heavy (non-hydrogen) atoms. The minimum atomic E-state index is -0.632. The molecular formula is C29H26ClNO6S. The SMILES string of the molecule is CCOC(=O)c1sc(CC(=O)/C(C#N)=C/c2cccc(OCc3ccc(Cl)cc3)c2)c(C(=O)OCC)c1C. The van der Waals surface area contributed by atoms with Crippen LogP contribution in [0.1, 0.15) is 55.4 Å². The van der Waals surface area contributed by atoms with E-state index >= 15 is 0 Å². The normalized spacial score (nSPS) is 11.0. The number of esters is 2. The van der Waals surface area contributed by atoms with Gasteiger partial charge in [0.2, 0.25) is 0 Å². The number of ketones is 1. The second-order valence-electron chi connectivity index (χ2n) is 8.05. The van der Waals surface area contributed by atoms with E-state index in [0.717, 1.165) is 16.9 Å². The average Bonchev–Trinajstić information content (AvgIpc) is 3.23. The molecule has 196 valence electrons. The average molecular weight is 552 g/mol. The van der Waals surface area contributed by atoms with E-state index in [-0.39, 0.29) is 35.6 Å². The van der Waals surface area contributed by atoms with Crippen LogP contribution in [0.5, 0.6) is 5.75 Å². The number of thiophene rings is 1. The summed E-state index contributed by atoms with van der Waals surface area (Å²) < 4.78 is 16.1. The Morgan fingerprint density at radius 3 is 2.37 bits per heavy atom. The highest BCUT2D eigenvalue weighted by molar-refractivity contribution is 7.14. The molecule has 0 aliphatic rings. The number of halogens is 1. The second kappa shape index (κ2) is 13.6. The van der Waals surface area contributed by atoms with Gasteiger partial charge in [-0.15, -0.1) is 11.3 Å². The minimum Gasteiger partial charge on any atom is -0.489 e. The van der Waals surface area contributed by atoms with Crippen molar-refractivity contribution >= 4 is 46.7 Å². The van der Waals surface area contributed by atoms with Crippen LogP contribution >= 0.6 is 22.9 Å². The fourth-order valence-corrected chi connectivity index (χ4v) is 4.90. The number of benzene rings is 2. The van der Waals surface area contributed by atoms with Gasteiger partial charge in [0.15, 0.2) is 5.78 Å². The second-order valence-corrected chi connectivity index (χ2v) is 9.59. The molecule has 0 atom stereocenters. The lowest BCUT2D eigenvalue weighted by Gasteiger charge is -2.08. The van der Waals surface area contributed by atoms with Crippen LogP contribution < -0.4 is 4.74 Å². The molecule has 3 rings (SSSR count). The molecule has 7 nitrogen and oxygen atoms in total. The van der Waals surface area contributed by atoms with Crippen molar-refractivity contribution in [2.45, 2.75) is 33.8 Å². The van der Waals surface area contributed by atoms with E-state index in [9.17, 15) is 19.6 Å². The quantitative estimate of drug-likeness (QED) is 0.155. The number of carbonyl (C=O) groups is 3. The largest absolute Gasteiger partial charge is 0.489 e. The summed E-state index contributed by atoms with van der Waals surface area (Å²) in [7, 11) is 0. The van der Waals surface area contributed by atoms with Crippen molar-refractivity contribution in [3.8, 4) is 11.8 Å². The predicted octanol–water partition coefficient (Wildman–Crippen LogP) is 6.36. The number of ether oxygens (including phenoxy) is 3. The van der Waals surface area contributed by atoms with Gasteiger partial charge < -0.3 is 14.2 Å². The Kier molecular flexibility index (Phi) is 10.2. The molecule has 0 unspecified atom stereocenters. The van der Waals surface area contributed by atoms with E-state index < -0.39 is 17.7 Å². The maximum atomic E-state index is 13.1. The summed E-state index contributed by atoms with van der Waals surface area (Å²) in [6, 6.07) is 16.2. The Bertz CT molecular complexity index is 1400.